The van der Waals surface area contributed by atoms with Gasteiger partial charge in [0.05, 0.1) is 4.90 Å². The van der Waals surface area contributed by atoms with E-state index in [-0.39, 0.29) is 22.4 Å². The van der Waals surface area contributed by atoms with E-state index < -0.39 is 21.7 Å². The van der Waals surface area contributed by atoms with E-state index in [9.17, 15) is 17.6 Å². The Morgan fingerprint density at radius 3 is 2.52 bits per heavy atom. The monoisotopic (exact) mass is 444 g/mol. The fourth-order valence-electron chi connectivity index (χ4n) is 3.44. The molecule has 1 aliphatic rings. The number of aromatic nitrogens is 2. The predicted octanol–water partition coefficient (Wildman–Crippen LogP) is 3.55. The number of sulfonamides is 1. The first-order chi connectivity index (χ1) is 14.8. The minimum atomic E-state index is -3.59. The van der Waals surface area contributed by atoms with Gasteiger partial charge in [-0.25, -0.2) is 12.8 Å². The summed E-state index contributed by atoms with van der Waals surface area (Å²) in [5, 5.41) is 10.1. The maximum absolute atomic E-state index is 13.0. The number of rotatable bonds is 5. The van der Waals surface area contributed by atoms with Crippen molar-refractivity contribution in [3.63, 3.8) is 0 Å². The average Bonchev–Trinajstić information content (AvgIpc) is 3.22. The zero-order valence-corrected chi connectivity index (χ0v) is 17.6. The number of nitrogens with zero attached hydrogens (tertiary/aromatic N) is 3. The van der Waals surface area contributed by atoms with Crippen LogP contribution >= 0.6 is 0 Å². The first kappa shape index (κ1) is 21.1. The lowest BCUT2D eigenvalue weighted by atomic mass is 10.0. The molecule has 1 amide bonds. The highest BCUT2D eigenvalue weighted by molar-refractivity contribution is 7.89. The van der Waals surface area contributed by atoms with Gasteiger partial charge in [0.25, 0.3) is 5.91 Å². The number of hydrogen-bond acceptors (Lipinski definition) is 6. The van der Waals surface area contributed by atoms with Crippen molar-refractivity contribution in [2.45, 2.75) is 24.7 Å². The molecule has 0 saturated carbocycles. The van der Waals surface area contributed by atoms with Gasteiger partial charge in [-0.15, -0.1) is 5.10 Å². The maximum Gasteiger partial charge on any atom is 0.322 e. The lowest BCUT2D eigenvalue weighted by Gasteiger charge is -2.30. The molecule has 2 heterocycles. The second-order valence-corrected chi connectivity index (χ2v) is 9.45. The van der Waals surface area contributed by atoms with Crippen LogP contribution in [0.25, 0.3) is 11.5 Å². The molecule has 3 aromatic rings. The fraction of sp³-hybridized carbons (Fsp3) is 0.286. The van der Waals surface area contributed by atoms with Gasteiger partial charge in [-0.1, -0.05) is 12.0 Å². The van der Waals surface area contributed by atoms with Crippen LogP contribution < -0.4 is 5.32 Å². The molecule has 2 aromatic carbocycles. The summed E-state index contributed by atoms with van der Waals surface area (Å²) in [4.78, 5) is 12.6. The van der Waals surface area contributed by atoms with Gasteiger partial charge in [-0.2, -0.15) is 4.31 Å². The molecular formula is C21H21FN4O4S. The molecule has 10 heteroatoms. The molecule has 1 aliphatic heterocycles. The van der Waals surface area contributed by atoms with Crippen LogP contribution in [0.15, 0.2) is 57.8 Å². The summed E-state index contributed by atoms with van der Waals surface area (Å²) in [6, 6.07) is 11.1. The van der Waals surface area contributed by atoms with Crippen LogP contribution in [0, 0.1) is 11.7 Å². The molecule has 0 bridgehead atoms. The van der Waals surface area contributed by atoms with Gasteiger partial charge in [0.15, 0.2) is 0 Å². The summed E-state index contributed by atoms with van der Waals surface area (Å²) in [6.45, 7) is 3.04. The molecule has 31 heavy (non-hydrogen) atoms. The summed E-state index contributed by atoms with van der Waals surface area (Å²) in [6.07, 6.45) is 1.86. The molecule has 4 rings (SSSR count). The Hall–Kier alpha value is -3.11. The van der Waals surface area contributed by atoms with Gasteiger partial charge in [0.2, 0.25) is 15.9 Å². The van der Waals surface area contributed by atoms with E-state index in [1.807, 2.05) is 6.92 Å². The van der Waals surface area contributed by atoms with Crippen molar-refractivity contribution in [1.29, 1.82) is 0 Å². The zero-order chi connectivity index (χ0) is 22.0. The molecule has 1 N–H and O–H groups in total. The van der Waals surface area contributed by atoms with Gasteiger partial charge < -0.3 is 4.42 Å². The second-order valence-electron chi connectivity index (χ2n) is 7.51. The van der Waals surface area contributed by atoms with E-state index in [0.29, 0.717) is 24.6 Å². The Morgan fingerprint density at radius 1 is 1.13 bits per heavy atom. The van der Waals surface area contributed by atoms with Crippen LogP contribution in [0.2, 0.25) is 0 Å². The van der Waals surface area contributed by atoms with Crippen molar-refractivity contribution in [2.24, 2.45) is 5.92 Å². The number of hydrogen-bond donors (Lipinski definition) is 1. The third-order valence-electron chi connectivity index (χ3n) is 5.11. The number of benzene rings is 2. The minimum Gasteiger partial charge on any atom is -0.403 e. The van der Waals surface area contributed by atoms with E-state index >= 15 is 0 Å². The topological polar surface area (TPSA) is 105 Å². The normalized spacial score (nSPS) is 17.4. The van der Waals surface area contributed by atoms with Crippen LogP contribution in [0.4, 0.5) is 10.4 Å². The van der Waals surface area contributed by atoms with Crippen molar-refractivity contribution in [3.8, 4) is 11.5 Å². The van der Waals surface area contributed by atoms with Crippen molar-refractivity contribution < 1.29 is 22.0 Å². The predicted molar refractivity (Wildman–Crippen MR) is 111 cm³/mol. The Morgan fingerprint density at radius 2 is 1.84 bits per heavy atom. The number of amides is 1. The largest absolute Gasteiger partial charge is 0.403 e. The lowest BCUT2D eigenvalue weighted by molar-refractivity contribution is 0.102. The van der Waals surface area contributed by atoms with Gasteiger partial charge in [-0.3, -0.25) is 10.1 Å². The number of piperidine rings is 1. The highest BCUT2D eigenvalue weighted by Crippen LogP contribution is 2.24. The first-order valence-corrected chi connectivity index (χ1v) is 11.3. The fourth-order valence-corrected chi connectivity index (χ4v) is 5.04. The molecule has 0 unspecified atom stereocenters. The van der Waals surface area contributed by atoms with E-state index in [2.05, 4.69) is 15.5 Å². The van der Waals surface area contributed by atoms with Crippen molar-refractivity contribution in [2.75, 3.05) is 18.4 Å². The average molecular weight is 444 g/mol. The second kappa shape index (κ2) is 8.56. The standard InChI is InChI=1S/C21H21FN4O4S/c1-14-3-2-12-26(13-14)31(28,29)18-10-6-15(7-11-18)19(27)23-21-25-24-20(30-21)16-4-8-17(22)9-5-16/h4-11,14H,2-3,12-13H2,1H3,(H,23,25,27)/t14-/m1/s1. The quantitative estimate of drug-likeness (QED) is 0.645. The lowest BCUT2D eigenvalue weighted by Crippen LogP contribution is -2.39. The molecular weight excluding hydrogens is 423 g/mol. The highest BCUT2D eigenvalue weighted by atomic mass is 32.2. The van der Waals surface area contributed by atoms with Gasteiger partial charge >= 0.3 is 6.01 Å². The maximum atomic E-state index is 13.0. The van der Waals surface area contributed by atoms with E-state index in [4.69, 9.17) is 4.42 Å². The Kier molecular flexibility index (Phi) is 5.84. The van der Waals surface area contributed by atoms with Gasteiger partial charge in [-0.05, 0) is 67.3 Å². The van der Waals surface area contributed by atoms with Crippen LogP contribution in [-0.2, 0) is 10.0 Å². The van der Waals surface area contributed by atoms with Crippen LogP contribution in [-0.4, -0.2) is 41.9 Å². The molecule has 1 aromatic heterocycles. The van der Waals surface area contributed by atoms with Gasteiger partial charge in [0, 0.05) is 24.2 Å². The van der Waals surface area contributed by atoms with Crippen LogP contribution in [0.1, 0.15) is 30.1 Å². The SMILES string of the molecule is C[C@@H]1CCCN(S(=O)(=O)c2ccc(C(=O)Nc3nnc(-c4ccc(F)cc4)o3)cc2)C1. The van der Waals surface area contributed by atoms with E-state index in [1.165, 1.54) is 52.8 Å². The summed E-state index contributed by atoms with van der Waals surface area (Å²) >= 11 is 0. The zero-order valence-electron chi connectivity index (χ0n) is 16.8. The number of anilines is 1. The van der Waals surface area contributed by atoms with Gasteiger partial charge in [0.1, 0.15) is 5.82 Å². The molecule has 162 valence electrons. The number of nitrogens with one attached hydrogen (secondary N) is 1. The Bertz CT molecular complexity index is 1180. The van der Waals surface area contributed by atoms with E-state index in [0.717, 1.165) is 12.8 Å². The molecule has 8 nitrogen and oxygen atoms in total. The third-order valence-corrected chi connectivity index (χ3v) is 6.99. The first-order valence-electron chi connectivity index (χ1n) is 9.84. The highest BCUT2D eigenvalue weighted by Gasteiger charge is 2.28. The molecule has 1 fully saturated rings. The molecule has 0 aliphatic carbocycles. The Balaban J connectivity index is 1.45. The van der Waals surface area contributed by atoms with Crippen LogP contribution in [0.3, 0.4) is 0 Å². The third kappa shape index (κ3) is 4.64. The summed E-state index contributed by atoms with van der Waals surface area (Å²) in [7, 11) is -3.59. The number of halogens is 1. The van der Waals surface area contributed by atoms with Crippen molar-refractivity contribution in [1.82, 2.24) is 14.5 Å². The van der Waals surface area contributed by atoms with Crippen molar-refractivity contribution >= 4 is 21.9 Å². The minimum absolute atomic E-state index is 0.122. The molecule has 0 radical (unpaired) electrons. The Labute approximate surface area is 179 Å². The van der Waals surface area contributed by atoms with Crippen LogP contribution in [0.5, 0.6) is 0 Å². The smallest absolute Gasteiger partial charge is 0.322 e. The summed E-state index contributed by atoms with van der Waals surface area (Å²) in [5.74, 6) is -0.461. The number of carbonyl (C=O) groups excluding carboxylic acids is 1. The summed E-state index contributed by atoms with van der Waals surface area (Å²) < 4.78 is 45.6. The molecule has 0 spiro atoms. The van der Waals surface area contributed by atoms with Crippen molar-refractivity contribution in [3.05, 3.63) is 59.9 Å². The molecule has 1 atom stereocenters. The molecule has 1 saturated heterocycles. The van der Waals surface area contributed by atoms with E-state index in [1.54, 1.807) is 0 Å². The summed E-state index contributed by atoms with van der Waals surface area (Å²) in [5.41, 5.74) is 0.753. The number of carbonyl (C=O) groups is 1.